The van der Waals surface area contributed by atoms with Crippen LogP contribution in [-0.2, 0) is 4.74 Å². The van der Waals surface area contributed by atoms with E-state index in [1.807, 2.05) is 13.0 Å². The minimum atomic E-state index is -0.271. The first-order valence-electron chi connectivity index (χ1n) is 5.77. The molecule has 4 N–H and O–H groups in total. The van der Waals surface area contributed by atoms with Crippen LogP contribution in [-0.4, -0.2) is 18.2 Å². The van der Waals surface area contributed by atoms with Crippen molar-refractivity contribution < 1.29 is 4.74 Å². The van der Waals surface area contributed by atoms with Gasteiger partial charge in [0, 0.05) is 18.9 Å². The third kappa shape index (κ3) is 3.17. The molecule has 0 radical (unpaired) electrons. The first kappa shape index (κ1) is 13.9. The summed E-state index contributed by atoms with van der Waals surface area (Å²) in [7, 11) is 1.68. The van der Waals surface area contributed by atoms with Crippen LogP contribution in [0.5, 0.6) is 0 Å². The maximum Gasteiger partial charge on any atom is 0.128 e. The van der Waals surface area contributed by atoms with Gasteiger partial charge in [-0.25, -0.2) is 4.98 Å². The van der Waals surface area contributed by atoms with Crippen molar-refractivity contribution in [2.75, 3.05) is 12.8 Å². The number of pyridine rings is 1. The summed E-state index contributed by atoms with van der Waals surface area (Å²) in [6.45, 7) is 8.27. The van der Waals surface area contributed by atoms with Crippen molar-refractivity contribution in [2.45, 2.75) is 39.8 Å². The molecule has 0 aliphatic rings. The Morgan fingerprint density at radius 2 is 1.94 bits per heavy atom. The van der Waals surface area contributed by atoms with E-state index in [-0.39, 0.29) is 17.6 Å². The lowest BCUT2D eigenvalue weighted by Gasteiger charge is -2.34. The van der Waals surface area contributed by atoms with Gasteiger partial charge >= 0.3 is 0 Å². The number of nitrogens with two attached hydrogens (primary N) is 2. The molecule has 1 aromatic heterocycles. The van der Waals surface area contributed by atoms with Crippen LogP contribution in [0.3, 0.4) is 0 Å². The fraction of sp³-hybridized carbons (Fsp3) is 0.615. The second-order valence-corrected chi connectivity index (χ2v) is 5.54. The Hall–Kier alpha value is -1.13. The Kier molecular flexibility index (Phi) is 4.11. The number of anilines is 1. The molecule has 96 valence electrons. The molecular formula is C13H23N3O. The van der Waals surface area contributed by atoms with E-state index in [2.05, 4.69) is 25.8 Å². The van der Waals surface area contributed by atoms with E-state index in [9.17, 15) is 0 Å². The zero-order valence-corrected chi connectivity index (χ0v) is 11.3. The van der Waals surface area contributed by atoms with Crippen LogP contribution in [0.25, 0.3) is 0 Å². The molecule has 0 aliphatic heterocycles. The van der Waals surface area contributed by atoms with Gasteiger partial charge in [0.1, 0.15) is 5.82 Å². The smallest absolute Gasteiger partial charge is 0.128 e. The number of nitrogens with zero attached hydrogens (tertiary/aromatic N) is 1. The van der Waals surface area contributed by atoms with Crippen molar-refractivity contribution >= 4 is 5.82 Å². The van der Waals surface area contributed by atoms with Gasteiger partial charge in [0.15, 0.2) is 0 Å². The predicted octanol–water partition coefficient (Wildman–Crippen LogP) is 2.03. The molecular weight excluding hydrogens is 214 g/mol. The van der Waals surface area contributed by atoms with Crippen molar-refractivity contribution in [3.05, 3.63) is 23.4 Å². The first-order chi connectivity index (χ1) is 7.77. The van der Waals surface area contributed by atoms with Crippen LogP contribution in [0, 0.1) is 12.3 Å². The van der Waals surface area contributed by atoms with E-state index in [1.165, 1.54) is 0 Å². The summed E-state index contributed by atoms with van der Waals surface area (Å²) in [5, 5.41) is 0. The normalized spacial score (nSPS) is 15.6. The number of rotatable bonds is 3. The highest BCUT2D eigenvalue weighted by molar-refractivity contribution is 5.43. The third-order valence-electron chi connectivity index (χ3n) is 2.88. The first-order valence-corrected chi connectivity index (χ1v) is 5.77. The van der Waals surface area contributed by atoms with E-state index in [0.29, 0.717) is 5.82 Å². The summed E-state index contributed by atoms with van der Waals surface area (Å²) in [6, 6.07) is 1.71. The molecule has 1 rings (SSSR count). The van der Waals surface area contributed by atoms with E-state index >= 15 is 0 Å². The van der Waals surface area contributed by atoms with Crippen LogP contribution in [0.15, 0.2) is 12.3 Å². The van der Waals surface area contributed by atoms with Gasteiger partial charge in [0.25, 0.3) is 0 Å². The monoisotopic (exact) mass is 237 g/mol. The largest absolute Gasteiger partial charge is 0.383 e. The van der Waals surface area contributed by atoms with Gasteiger partial charge in [-0.15, -0.1) is 0 Å². The minimum Gasteiger partial charge on any atom is -0.383 e. The maximum atomic E-state index is 6.26. The molecule has 2 unspecified atom stereocenters. The van der Waals surface area contributed by atoms with Crippen LogP contribution >= 0.6 is 0 Å². The van der Waals surface area contributed by atoms with Crippen LogP contribution < -0.4 is 11.5 Å². The Balaban J connectivity index is 3.10. The van der Waals surface area contributed by atoms with E-state index in [1.54, 1.807) is 13.3 Å². The lowest BCUT2D eigenvalue weighted by atomic mass is 9.82. The Morgan fingerprint density at radius 3 is 2.41 bits per heavy atom. The number of aryl methyl sites for hydroxylation is 1. The molecule has 0 bridgehead atoms. The summed E-state index contributed by atoms with van der Waals surface area (Å²) in [6.07, 6.45) is 1.64. The van der Waals surface area contributed by atoms with Crippen molar-refractivity contribution in [2.24, 2.45) is 11.1 Å². The highest BCUT2D eigenvalue weighted by atomic mass is 16.5. The number of hydrogen-bond donors (Lipinski definition) is 2. The maximum absolute atomic E-state index is 6.26. The van der Waals surface area contributed by atoms with Gasteiger partial charge < -0.3 is 16.2 Å². The molecule has 2 atom stereocenters. The lowest BCUT2D eigenvalue weighted by Crippen LogP contribution is -2.39. The SMILES string of the molecule is COC(C(N)c1cc(C)cnc1N)C(C)(C)C. The molecule has 0 aliphatic carbocycles. The standard InChI is InChI=1S/C13H23N3O/c1-8-6-9(12(15)16-7-8)10(14)11(17-5)13(2,3)4/h6-7,10-11H,14H2,1-5H3,(H2,15,16). The molecule has 0 amide bonds. The fourth-order valence-corrected chi connectivity index (χ4v) is 2.07. The molecule has 0 saturated carbocycles. The fourth-order valence-electron chi connectivity index (χ4n) is 2.07. The quantitative estimate of drug-likeness (QED) is 0.843. The topological polar surface area (TPSA) is 74.2 Å². The lowest BCUT2D eigenvalue weighted by molar-refractivity contribution is -0.00234. The average molecular weight is 237 g/mol. The van der Waals surface area contributed by atoms with Crippen molar-refractivity contribution in [1.29, 1.82) is 0 Å². The van der Waals surface area contributed by atoms with Crippen molar-refractivity contribution in [3.8, 4) is 0 Å². The predicted molar refractivity (Wildman–Crippen MR) is 70.6 cm³/mol. The molecule has 17 heavy (non-hydrogen) atoms. The average Bonchev–Trinajstić information content (AvgIpc) is 2.20. The molecule has 0 fully saturated rings. The van der Waals surface area contributed by atoms with Gasteiger partial charge in [-0.1, -0.05) is 20.8 Å². The molecule has 0 spiro atoms. The summed E-state index contributed by atoms with van der Waals surface area (Å²) >= 11 is 0. The number of nitrogen functional groups attached to an aromatic ring is 1. The van der Waals surface area contributed by atoms with Gasteiger partial charge in [-0.05, 0) is 24.0 Å². The molecule has 0 aromatic carbocycles. The van der Waals surface area contributed by atoms with Gasteiger partial charge in [0.2, 0.25) is 0 Å². The number of ether oxygens (including phenoxy) is 1. The van der Waals surface area contributed by atoms with Gasteiger partial charge in [-0.3, -0.25) is 0 Å². The van der Waals surface area contributed by atoms with Gasteiger partial charge in [0.05, 0.1) is 12.1 Å². The summed E-state index contributed by atoms with van der Waals surface area (Å²) in [4.78, 5) is 4.14. The molecule has 4 nitrogen and oxygen atoms in total. The van der Waals surface area contributed by atoms with Crippen LogP contribution in [0.2, 0.25) is 0 Å². The highest BCUT2D eigenvalue weighted by Crippen LogP contribution is 2.32. The second-order valence-electron chi connectivity index (χ2n) is 5.54. The minimum absolute atomic E-state index is 0.0512. The summed E-state index contributed by atoms with van der Waals surface area (Å²) in [5.41, 5.74) is 14.0. The van der Waals surface area contributed by atoms with E-state index in [0.717, 1.165) is 11.1 Å². The van der Waals surface area contributed by atoms with Gasteiger partial charge in [-0.2, -0.15) is 0 Å². The number of methoxy groups -OCH3 is 1. The van der Waals surface area contributed by atoms with E-state index in [4.69, 9.17) is 16.2 Å². The number of aromatic nitrogens is 1. The molecule has 1 aromatic rings. The third-order valence-corrected chi connectivity index (χ3v) is 2.88. The zero-order valence-electron chi connectivity index (χ0n) is 11.3. The summed E-state index contributed by atoms with van der Waals surface area (Å²) < 4.78 is 5.52. The Bertz CT molecular complexity index is 385. The molecule has 0 saturated heterocycles. The Morgan fingerprint density at radius 1 is 1.35 bits per heavy atom. The molecule has 1 heterocycles. The number of hydrogen-bond acceptors (Lipinski definition) is 4. The van der Waals surface area contributed by atoms with E-state index < -0.39 is 0 Å². The van der Waals surface area contributed by atoms with Crippen LogP contribution in [0.1, 0.15) is 37.9 Å². The highest BCUT2D eigenvalue weighted by Gasteiger charge is 2.32. The zero-order chi connectivity index (χ0) is 13.2. The van der Waals surface area contributed by atoms with Crippen molar-refractivity contribution in [3.63, 3.8) is 0 Å². The second kappa shape index (κ2) is 5.02. The molecule has 4 heteroatoms. The Labute approximate surface area is 103 Å². The summed E-state index contributed by atoms with van der Waals surface area (Å²) in [5.74, 6) is 0.481. The van der Waals surface area contributed by atoms with Crippen LogP contribution in [0.4, 0.5) is 5.82 Å². The van der Waals surface area contributed by atoms with Crippen molar-refractivity contribution in [1.82, 2.24) is 4.98 Å².